The lowest BCUT2D eigenvalue weighted by molar-refractivity contribution is 1.54. The molecule has 0 aliphatic heterocycles. The highest BCUT2D eigenvalue weighted by atomic mass is 14.9. The average Bonchev–Trinajstić information content (AvgIpc) is 2.51. The number of hydrogen-bond donors (Lipinski definition) is 3. The Bertz CT molecular complexity index is 731. The first-order chi connectivity index (χ1) is 10.2. The fourth-order valence-corrected chi connectivity index (χ4v) is 2.19. The van der Waals surface area contributed by atoms with Gasteiger partial charge in [-0.15, -0.1) is 0 Å². The van der Waals surface area contributed by atoms with Gasteiger partial charge in [-0.2, -0.15) is 0 Å². The fraction of sp³-hybridized carbons (Fsp3) is 0. The van der Waals surface area contributed by atoms with Gasteiger partial charge in [-0.25, -0.2) is 0 Å². The Morgan fingerprint density at radius 3 is 1.81 bits per heavy atom. The van der Waals surface area contributed by atoms with E-state index in [4.69, 9.17) is 11.5 Å². The van der Waals surface area contributed by atoms with Gasteiger partial charge in [-0.05, 0) is 47.5 Å². The van der Waals surface area contributed by atoms with E-state index in [1.165, 1.54) is 0 Å². The van der Waals surface area contributed by atoms with Crippen LogP contribution in [0.1, 0.15) is 0 Å². The minimum Gasteiger partial charge on any atom is -0.399 e. The van der Waals surface area contributed by atoms with Crippen LogP contribution in [0.5, 0.6) is 0 Å². The molecule has 0 unspecified atom stereocenters. The van der Waals surface area contributed by atoms with E-state index in [2.05, 4.69) is 17.4 Å². The van der Waals surface area contributed by atoms with Crippen molar-refractivity contribution in [3.05, 3.63) is 72.8 Å². The number of para-hydroxylation sites is 2. The first-order valence-corrected chi connectivity index (χ1v) is 6.80. The van der Waals surface area contributed by atoms with Crippen LogP contribution in [0.15, 0.2) is 72.8 Å². The Balaban J connectivity index is 1.81. The van der Waals surface area contributed by atoms with Crippen LogP contribution in [0.4, 0.5) is 22.7 Å². The zero-order chi connectivity index (χ0) is 14.7. The second kappa shape index (κ2) is 5.59. The summed E-state index contributed by atoms with van der Waals surface area (Å²) in [5, 5.41) is 3.31. The van der Waals surface area contributed by atoms with Gasteiger partial charge >= 0.3 is 0 Å². The Kier molecular flexibility index (Phi) is 3.48. The van der Waals surface area contributed by atoms with E-state index < -0.39 is 0 Å². The first-order valence-electron chi connectivity index (χ1n) is 6.80. The van der Waals surface area contributed by atoms with E-state index in [9.17, 15) is 0 Å². The topological polar surface area (TPSA) is 64.1 Å². The molecule has 5 N–H and O–H groups in total. The van der Waals surface area contributed by atoms with E-state index in [-0.39, 0.29) is 0 Å². The molecule has 0 aliphatic carbocycles. The maximum absolute atomic E-state index is 5.93. The molecular formula is C18H17N3. The summed E-state index contributed by atoms with van der Waals surface area (Å²) in [6.07, 6.45) is 0. The third-order valence-electron chi connectivity index (χ3n) is 3.37. The molecule has 0 amide bonds. The minimum atomic E-state index is 0.736. The summed E-state index contributed by atoms with van der Waals surface area (Å²) in [5.74, 6) is 0. The zero-order valence-electron chi connectivity index (χ0n) is 11.6. The van der Waals surface area contributed by atoms with Gasteiger partial charge < -0.3 is 16.8 Å². The van der Waals surface area contributed by atoms with Crippen LogP contribution in [-0.2, 0) is 0 Å². The van der Waals surface area contributed by atoms with Crippen molar-refractivity contribution >= 4 is 22.7 Å². The maximum Gasteiger partial charge on any atom is 0.0617 e. The number of rotatable bonds is 3. The van der Waals surface area contributed by atoms with Gasteiger partial charge in [-0.3, -0.25) is 0 Å². The lowest BCUT2D eigenvalue weighted by Gasteiger charge is -2.10. The van der Waals surface area contributed by atoms with E-state index in [1.807, 2.05) is 60.7 Å². The van der Waals surface area contributed by atoms with Gasteiger partial charge in [0.25, 0.3) is 0 Å². The largest absolute Gasteiger partial charge is 0.399 e. The predicted octanol–water partition coefficient (Wildman–Crippen LogP) is 4.26. The second-order valence-electron chi connectivity index (χ2n) is 4.91. The molecule has 0 aromatic heterocycles. The predicted molar refractivity (Wildman–Crippen MR) is 90.4 cm³/mol. The molecule has 0 spiro atoms. The van der Waals surface area contributed by atoms with E-state index in [1.54, 1.807) is 0 Å². The summed E-state index contributed by atoms with van der Waals surface area (Å²) in [6.45, 7) is 0. The minimum absolute atomic E-state index is 0.736. The molecule has 0 saturated carbocycles. The Labute approximate surface area is 124 Å². The Hall–Kier alpha value is -2.94. The molecule has 21 heavy (non-hydrogen) atoms. The van der Waals surface area contributed by atoms with Crippen molar-refractivity contribution in [3.8, 4) is 11.1 Å². The third-order valence-corrected chi connectivity index (χ3v) is 3.37. The maximum atomic E-state index is 5.93. The van der Waals surface area contributed by atoms with Crippen LogP contribution in [0.2, 0.25) is 0 Å². The summed E-state index contributed by atoms with van der Waals surface area (Å²) in [4.78, 5) is 0. The van der Waals surface area contributed by atoms with Crippen LogP contribution in [0, 0.1) is 0 Å². The number of hydrogen-bond acceptors (Lipinski definition) is 3. The molecule has 0 bridgehead atoms. The lowest BCUT2D eigenvalue weighted by Crippen LogP contribution is -1.95. The number of nitrogen functional groups attached to an aromatic ring is 2. The van der Waals surface area contributed by atoms with E-state index in [0.29, 0.717) is 0 Å². The smallest absolute Gasteiger partial charge is 0.0617 e. The van der Waals surface area contributed by atoms with Crippen LogP contribution in [0.25, 0.3) is 11.1 Å². The summed E-state index contributed by atoms with van der Waals surface area (Å²) in [7, 11) is 0. The highest BCUT2D eigenvalue weighted by Crippen LogP contribution is 2.26. The van der Waals surface area contributed by atoms with Gasteiger partial charge in [0.15, 0.2) is 0 Å². The zero-order valence-corrected chi connectivity index (χ0v) is 11.6. The molecule has 0 fully saturated rings. The van der Waals surface area contributed by atoms with Gasteiger partial charge in [0, 0.05) is 11.4 Å². The van der Waals surface area contributed by atoms with Gasteiger partial charge in [0.2, 0.25) is 0 Å². The lowest BCUT2D eigenvalue weighted by atomic mass is 10.1. The quantitative estimate of drug-likeness (QED) is 0.626. The van der Waals surface area contributed by atoms with Crippen LogP contribution < -0.4 is 16.8 Å². The number of benzene rings is 3. The normalized spacial score (nSPS) is 10.3. The molecule has 0 atom stereocenters. The molecule has 0 radical (unpaired) electrons. The standard InChI is InChI=1S/C18H17N3/c19-15-9-5-13(6-10-15)14-7-11-16(12-8-14)21-18-4-2-1-3-17(18)20/h1-12,21H,19-20H2. The van der Waals surface area contributed by atoms with Crippen molar-refractivity contribution in [1.82, 2.24) is 0 Å². The summed E-state index contributed by atoms with van der Waals surface area (Å²) in [5.41, 5.74) is 17.4. The first kappa shape index (κ1) is 13.1. The molecule has 0 saturated heterocycles. The monoisotopic (exact) mass is 275 g/mol. The highest BCUT2D eigenvalue weighted by Gasteiger charge is 2.00. The Morgan fingerprint density at radius 1 is 0.619 bits per heavy atom. The second-order valence-corrected chi connectivity index (χ2v) is 4.91. The van der Waals surface area contributed by atoms with Crippen molar-refractivity contribution in [1.29, 1.82) is 0 Å². The van der Waals surface area contributed by atoms with Crippen LogP contribution in [-0.4, -0.2) is 0 Å². The van der Waals surface area contributed by atoms with Crippen molar-refractivity contribution in [3.63, 3.8) is 0 Å². The van der Waals surface area contributed by atoms with Crippen molar-refractivity contribution < 1.29 is 0 Å². The van der Waals surface area contributed by atoms with Gasteiger partial charge in [0.1, 0.15) is 0 Å². The van der Waals surface area contributed by atoms with Crippen molar-refractivity contribution in [2.45, 2.75) is 0 Å². The highest BCUT2D eigenvalue weighted by molar-refractivity contribution is 5.74. The SMILES string of the molecule is Nc1ccc(-c2ccc(Nc3ccccc3N)cc2)cc1. The molecule has 104 valence electrons. The molecule has 3 aromatic carbocycles. The summed E-state index contributed by atoms with van der Waals surface area (Å²) < 4.78 is 0. The molecule has 0 aliphatic rings. The number of nitrogens with two attached hydrogens (primary N) is 2. The van der Waals surface area contributed by atoms with E-state index in [0.717, 1.165) is 33.9 Å². The van der Waals surface area contributed by atoms with Crippen molar-refractivity contribution in [2.75, 3.05) is 16.8 Å². The molecule has 3 rings (SSSR count). The van der Waals surface area contributed by atoms with Crippen LogP contribution in [0.3, 0.4) is 0 Å². The number of anilines is 4. The van der Waals surface area contributed by atoms with Crippen LogP contribution >= 0.6 is 0 Å². The summed E-state index contributed by atoms with van der Waals surface area (Å²) >= 11 is 0. The van der Waals surface area contributed by atoms with Crippen molar-refractivity contribution in [2.24, 2.45) is 0 Å². The fourth-order valence-electron chi connectivity index (χ4n) is 2.19. The molecule has 0 heterocycles. The van der Waals surface area contributed by atoms with Gasteiger partial charge in [-0.1, -0.05) is 36.4 Å². The summed E-state index contributed by atoms with van der Waals surface area (Å²) in [6, 6.07) is 23.8. The van der Waals surface area contributed by atoms with Gasteiger partial charge in [0.05, 0.1) is 11.4 Å². The molecule has 3 aromatic rings. The van der Waals surface area contributed by atoms with E-state index >= 15 is 0 Å². The average molecular weight is 275 g/mol. The molecule has 3 nitrogen and oxygen atoms in total. The number of nitrogens with one attached hydrogen (secondary N) is 1. The molecule has 3 heteroatoms. The molecular weight excluding hydrogens is 258 g/mol. The third kappa shape index (κ3) is 2.98. The Morgan fingerprint density at radius 2 is 1.19 bits per heavy atom.